The second-order valence-corrected chi connectivity index (χ2v) is 9.02. The van der Waals surface area contributed by atoms with Gasteiger partial charge in [0.15, 0.2) is 0 Å². The molecular formula is C25H23ClN4O. The Labute approximate surface area is 185 Å². The molecule has 2 aromatic carbocycles. The fraction of sp³-hybridized carbons (Fsp3) is 0.280. The number of piperidine rings is 1. The van der Waals surface area contributed by atoms with E-state index in [1.807, 2.05) is 42.2 Å². The summed E-state index contributed by atoms with van der Waals surface area (Å²) in [6.45, 7) is 0. The number of aromatic nitrogens is 3. The van der Waals surface area contributed by atoms with Crippen LogP contribution in [0.2, 0.25) is 5.02 Å². The molecule has 0 spiro atoms. The molecule has 1 amide bonds. The predicted octanol–water partition coefficient (Wildman–Crippen LogP) is 5.51. The van der Waals surface area contributed by atoms with Crippen LogP contribution in [0, 0.1) is 0 Å². The van der Waals surface area contributed by atoms with E-state index in [4.69, 9.17) is 16.7 Å². The third-order valence-electron chi connectivity index (χ3n) is 6.83. The maximum absolute atomic E-state index is 13.8. The van der Waals surface area contributed by atoms with Crippen LogP contribution >= 0.6 is 11.6 Å². The number of H-pyrrole nitrogens is 1. The van der Waals surface area contributed by atoms with E-state index >= 15 is 0 Å². The van der Waals surface area contributed by atoms with Crippen LogP contribution in [0.4, 0.5) is 0 Å². The van der Waals surface area contributed by atoms with Crippen molar-refractivity contribution < 1.29 is 4.79 Å². The molecule has 156 valence electrons. The third-order valence-corrected chi connectivity index (χ3v) is 7.14. The summed E-state index contributed by atoms with van der Waals surface area (Å²) in [7, 11) is 2.01. The van der Waals surface area contributed by atoms with Gasteiger partial charge >= 0.3 is 0 Å². The van der Waals surface area contributed by atoms with E-state index in [1.54, 1.807) is 0 Å². The Bertz CT molecular complexity index is 1310. The van der Waals surface area contributed by atoms with Gasteiger partial charge in [0, 0.05) is 41.3 Å². The van der Waals surface area contributed by atoms with Crippen molar-refractivity contribution in [2.75, 3.05) is 0 Å². The molecule has 5 nitrogen and oxygen atoms in total. The average molecular weight is 431 g/mol. The Morgan fingerprint density at radius 1 is 1.16 bits per heavy atom. The molecule has 1 fully saturated rings. The number of nitrogens with one attached hydrogen (secondary N) is 1. The Hall–Kier alpha value is -3.05. The Kier molecular flexibility index (Phi) is 4.22. The third kappa shape index (κ3) is 2.83. The fourth-order valence-electron chi connectivity index (χ4n) is 5.48. The summed E-state index contributed by atoms with van der Waals surface area (Å²) in [5.74, 6) is 0.00811. The molecule has 2 aliphatic rings. The smallest absolute Gasteiger partial charge is 0.256 e. The molecule has 31 heavy (non-hydrogen) atoms. The molecule has 1 N–H and O–H groups in total. The SMILES string of the molecule is Cn1nc2c(c1-c1ccccc1)CC1CCCC2N1C(=O)c1cc2[nH]ccc2cc1Cl. The molecule has 4 aromatic rings. The lowest BCUT2D eigenvalue weighted by Crippen LogP contribution is -2.50. The molecule has 1 saturated heterocycles. The summed E-state index contributed by atoms with van der Waals surface area (Å²) in [4.78, 5) is 19.0. The highest BCUT2D eigenvalue weighted by molar-refractivity contribution is 6.34. The van der Waals surface area contributed by atoms with Gasteiger partial charge in [-0.15, -0.1) is 0 Å². The normalized spacial score (nSPS) is 20.1. The Balaban J connectivity index is 1.44. The van der Waals surface area contributed by atoms with E-state index < -0.39 is 0 Å². The molecule has 2 aromatic heterocycles. The van der Waals surface area contributed by atoms with Gasteiger partial charge in [-0.25, -0.2) is 0 Å². The van der Waals surface area contributed by atoms with Crippen molar-refractivity contribution in [3.05, 3.63) is 76.6 Å². The van der Waals surface area contributed by atoms with Gasteiger partial charge in [-0.1, -0.05) is 41.9 Å². The Morgan fingerprint density at radius 3 is 2.84 bits per heavy atom. The van der Waals surface area contributed by atoms with E-state index in [0.717, 1.165) is 42.3 Å². The number of fused-ring (bicyclic) bond motifs is 5. The second-order valence-electron chi connectivity index (χ2n) is 8.62. The monoisotopic (exact) mass is 430 g/mol. The Morgan fingerprint density at radius 2 is 2.00 bits per heavy atom. The van der Waals surface area contributed by atoms with Crippen LogP contribution in [0.5, 0.6) is 0 Å². The molecule has 0 aliphatic carbocycles. The number of aryl methyl sites for hydroxylation is 1. The van der Waals surface area contributed by atoms with Crippen molar-refractivity contribution in [3.63, 3.8) is 0 Å². The van der Waals surface area contributed by atoms with Crippen molar-refractivity contribution >= 4 is 28.4 Å². The van der Waals surface area contributed by atoms with Crippen molar-refractivity contribution in [1.29, 1.82) is 0 Å². The molecule has 2 bridgehead atoms. The van der Waals surface area contributed by atoms with Gasteiger partial charge in [-0.2, -0.15) is 5.10 Å². The van der Waals surface area contributed by atoms with E-state index in [0.29, 0.717) is 10.6 Å². The largest absolute Gasteiger partial charge is 0.361 e. The van der Waals surface area contributed by atoms with Gasteiger partial charge in [0.25, 0.3) is 5.91 Å². The minimum absolute atomic E-state index is 0.00549. The van der Waals surface area contributed by atoms with E-state index in [1.165, 1.54) is 16.8 Å². The number of halogens is 1. The number of benzene rings is 2. The number of carbonyl (C=O) groups is 1. The molecule has 0 radical (unpaired) electrons. The number of amides is 1. The number of rotatable bonds is 2. The molecule has 2 aliphatic heterocycles. The zero-order valence-corrected chi connectivity index (χ0v) is 18.1. The van der Waals surface area contributed by atoms with Gasteiger partial charge < -0.3 is 9.88 Å². The quantitative estimate of drug-likeness (QED) is 0.455. The summed E-state index contributed by atoms with van der Waals surface area (Å²) in [6.07, 6.45) is 5.75. The van der Waals surface area contributed by atoms with Gasteiger partial charge in [0.2, 0.25) is 0 Å². The van der Waals surface area contributed by atoms with Crippen LogP contribution in [-0.2, 0) is 13.5 Å². The fourth-order valence-corrected chi connectivity index (χ4v) is 5.73. The summed E-state index contributed by atoms with van der Waals surface area (Å²) in [6, 6.07) is 16.3. The number of aromatic amines is 1. The van der Waals surface area contributed by atoms with Gasteiger partial charge in [-0.3, -0.25) is 9.48 Å². The van der Waals surface area contributed by atoms with Gasteiger partial charge in [0.05, 0.1) is 28.0 Å². The van der Waals surface area contributed by atoms with Crippen LogP contribution in [-0.4, -0.2) is 31.6 Å². The minimum Gasteiger partial charge on any atom is -0.361 e. The second kappa shape index (κ2) is 6.99. The van der Waals surface area contributed by atoms with E-state index in [9.17, 15) is 4.79 Å². The van der Waals surface area contributed by atoms with Crippen LogP contribution in [0.1, 0.15) is 46.9 Å². The first-order valence-corrected chi connectivity index (χ1v) is 11.2. The summed E-state index contributed by atoms with van der Waals surface area (Å²) in [5, 5.41) is 6.44. The van der Waals surface area contributed by atoms with E-state index in [-0.39, 0.29) is 18.0 Å². The van der Waals surface area contributed by atoms with Crippen molar-refractivity contribution in [2.24, 2.45) is 7.05 Å². The van der Waals surface area contributed by atoms with Crippen LogP contribution in [0.3, 0.4) is 0 Å². The van der Waals surface area contributed by atoms with Gasteiger partial charge in [-0.05, 0) is 43.9 Å². The molecule has 0 saturated carbocycles. The molecule has 2 unspecified atom stereocenters. The highest BCUT2D eigenvalue weighted by atomic mass is 35.5. The molecule has 4 heterocycles. The van der Waals surface area contributed by atoms with Crippen molar-refractivity contribution in [3.8, 4) is 11.3 Å². The van der Waals surface area contributed by atoms with Crippen molar-refractivity contribution in [2.45, 2.75) is 37.8 Å². The highest BCUT2D eigenvalue weighted by Gasteiger charge is 2.43. The lowest BCUT2D eigenvalue weighted by molar-refractivity contribution is 0.0392. The lowest BCUT2D eigenvalue weighted by Gasteiger charge is -2.45. The molecular weight excluding hydrogens is 408 g/mol. The molecule has 6 rings (SSSR count). The first-order chi connectivity index (χ1) is 15.1. The number of nitrogens with zero attached hydrogens (tertiary/aromatic N) is 3. The zero-order chi connectivity index (χ0) is 21.1. The molecule has 6 heteroatoms. The average Bonchev–Trinajstić information content (AvgIpc) is 3.36. The predicted molar refractivity (Wildman–Crippen MR) is 122 cm³/mol. The zero-order valence-electron chi connectivity index (χ0n) is 17.3. The van der Waals surface area contributed by atoms with Crippen molar-refractivity contribution in [1.82, 2.24) is 19.7 Å². The highest BCUT2D eigenvalue weighted by Crippen LogP contribution is 2.45. The summed E-state index contributed by atoms with van der Waals surface area (Å²) < 4.78 is 1.99. The number of hydrogen-bond acceptors (Lipinski definition) is 2. The van der Waals surface area contributed by atoms with Crippen LogP contribution in [0.25, 0.3) is 22.2 Å². The maximum Gasteiger partial charge on any atom is 0.256 e. The maximum atomic E-state index is 13.8. The topological polar surface area (TPSA) is 53.9 Å². The standard InChI is InChI=1S/C25H23ClN4O/c1-29-24(15-6-3-2-4-7-15)19-13-17-8-5-9-22(23(19)28-29)30(17)25(31)18-14-21-16(10-11-27-21)12-20(18)26/h2-4,6-7,10-12,14,17,22,27H,5,8-9,13H2,1H3. The first kappa shape index (κ1) is 18.7. The summed E-state index contributed by atoms with van der Waals surface area (Å²) in [5.41, 5.74) is 6.18. The van der Waals surface area contributed by atoms with E-state index in [2.05, 4.69) is 34.1 Å². The molecule has 2 atom stereocenters. The lowest BCUT2D eigenvalue weighted by atomic mass is 9.81. The van der Waals surface area contributed by atoms with Crippen LogP contribution < -0.4 is 0 Å². The first-order valence-electron chi connectivity index (χ1n) is 10.8. The van der Waals surface area contributed by atoms with Gasteiger partial charge in [0.1, 0.15) is 0 Å². The van der Waals surface area contributed by atoms with Crippen LogP contribution in [0.15, 0.2) is 54.7 Å². The number of hydrogen-bond donors (Lipinski definition) is 1. The number of carbonyl (C=O) groups excluding carboxylic acids is 1. The summed E-state index contributed by atoms with van der Waals surface area (Å²) >= 11 is 6.56. The minimum atomic E-state index is -0.00549.